The number of unbranched alkanes of at least 4 members (excludes halogenated alkanes) is 10. The lowest BCUT2D eigenvalue weighted by molar-refractivity contribution is -0.142. The van der Waals surface area contributed by atoms with Gasteiger partial charge in [0.15, 0.2) is 35.8 Å². The fourth-order valence-electron chi connectivity index (χ4n) is 10.5. The van der Waals surface area contributed by atoms with E-state index in [1.165, 1.54) is 0 Å². The van der Waals surface area contributed by atoms with Gasteiger partial charge in [-0.15, -0.1) is 0 Å². The summed E-state index contributed by atoms with van der Waals surface area (Å²) in [6.07, 6.45) is 12.4. The van der Waals surface area contributed by atoms with E-state index in [9.17, 15) is 57.8 Å². The predicted octanol–water partition coefficient (Wildman–Crippen LogP) is -5.47. The first-order valence-corrected chi connectivity index (χ1v) is 37.2. The molecular formula is C66H129N29O12. The molecular weight excluding hydrogens is 1390 g/mol. The summed E-state index contributed by atoms with van der Waals surface area (Å²) < 4.78 is 0. The lowest BCUT2D eigenvalue weighted by atomic mass is 10.1. The molecule has 6 atom stereocenters. The summed E-state index contributed by atoms with van der Waals surface area (Å²) in [5.41, 5.74) is 71.0. The molecule has 0 heterocycles. The molecule has 0 saturated heterocycles. The van der Waals surface area contributed by atoms with Gasteiger partial charge >= 0.3 is 5.97 Å². The van der Waals surface area contributed by atoms with Crippen LogP contribution in [0.1, 0.15) is 205 Å². The molecule has 0 aromatic carbocycles. The third kappa shape index (κ3) is 57.7. The number of hydrogen-bond donors (Lipinski definition) is 24. The molecule has 107 heavy (non-hydrogen) atoms. The Kier molecular flexibility index (Phi) is 56.1. The number of nitrogens with zero attached hydrogens (tertiary/aromatic N) is 6. The van der Waals surface area contributed by atoms with Gasteiger partial charge < -0.3 is 133 Å². The van der Waals surface area contributed by atoms with Gasteiger partial charge in [-0.25, -0.2) is 4.79 Å². The Morgan fingerprint density at radius 3 is 0.636 bits per heavy atom. The monoisotopic (exact) mass is 1520 g/mol. The number of carboxylic acids is 1. The summed E-state index contributed by atoms with van der Waals surface area (Å²) >= 11 is 0. The van der Waals surface area contributed by atoms with E-state index in [0.717, 1.165) is 0 Å². The van der Waals surface area contributed by atoms with E-state index in [2.05, 4.69) is 83.1 Å². The first kappa shape index (κ1) is 96.8. The minimum absolute atomic E-state index is 0.0268. The van der Waals surface area contributed by atoms with Crippen LogP contribution in [0.2, 0.25) is 0 Å². The predicted molar refractivity (Wildman–Crippen MR) is 412 cm³/mol. The Bertz CT molecular complexity index is 2820. The summed E-state index contributed by atoms with van der Waals surface area (Å²) in [6.45, 7) is 2.98. The Morgan fingerprint density at radius 2 is 0.430 bits per heavy atom. The molecule has 0 aliphatic heterocycles. The summed E-state index contributed by atoms with van der Waals surface area (Å²) in [4.78, 5) is 166. The van der Waals surface area contributed by atoms with Crippen LogP contribution in [0.5, 0.6) is 0 Å². The van der Waals surface area contributed by atoms with Crippen molar-refractivity contribution in [2.75, 3.05) is 72.0 Å². The van der Waals surface area contributed by atoms with Crippen LogP contribution in [-0.2, 0) is 52.7 Å². The highest BCUT2D eigenvalue weighted by Gasteiger charge is 2.25. The molecule has 610 valence electrons. The highest BCUT2D eigenvalue weighted by atomic mass is 16.4. The molecule has 0 fully saturated rings. The number of nitrogens with one attached hydrogen (secondary N) is 10. The van der Waals surface area contributed by atoms with Gasteiger partial charge in [-0.1, -0.05) is 32.1 Å². The first-order chi connectivity index (χ1) is 51.0. The van der Waals surface area contributed by atoms with E-state index in [1.807, 2.05) is 0 Å². The van der Waals surface area contributed by atoms with Crippen LogP contribution in [0.3, 0.4) is 0 Å². The molecule has 0 aromatic heterocycles. The van der Waals surface area contributed by atoms with Crippen molar-refractivity contribution in [3.63, 3.8) is 0 Å². The van der Waals surface area contributed by atoms with E-state index in [-0.39, 0.29) is 194 Å². The second-order valence-electron chi connectivity index (χ2n) is 25.7. The minimum Gasteiger partial charge on any atom is -0.480 e. The zero-order valence-corrected chi connectivity index (χ0v) is 62.5. The molecule has 0 rings (SSSR count). The number of carboxylic acid groups (broad SMARTS) is 1. The average Bonchev–Trinajstić information content (AvgIpc) is 1.03. The normalized spacial score (nSPS) is 12.4. The van der Waals surface area contributed by atoms with Crippen LogP contribution in [0.25, 0.3) is 0 Å². The molecule has 0 aliphatic carbocycles. The zero-order valence-electron chi connectivity index (χ0n) is 62.5. The highest BCUT2D eigenvalue weighted by Crippen LogP contribution is 2.11. The molecule has 0 radical (unpaired) electrons. The van der Waals surface area contributed by atoms with Gasteiger partial charge in [-0.2, -0.15) is 0 Å². The molecule has 41 nitrogen and oxygen atoms in total. The van der Waals surface area contributed by atoms with Crippen LogP contribution >= 0.6 is 0 Å². The van der Waals surface area contributed by atoms with Crippen molar-refractivity contribution in [1.29, 1.82) is 0 Å². The minimum atomic E-state index is -1.17. The van der Waals surface area contributed by atoms with Gasteiger partial charge in [-0.05, 0) is 141 Å². The molecule has 37 N–H and O–H groups in total. The molecule has 0 aromatic rings. The Balaban J connectivity index is 5.16. The number of carbonyl (C=O) groups excluding carboxylic acids is 10. The Labute approximate surface area is 627 Å². The average molecular weight is 1520 g/mol. The second-order valence-corrected chi connectivity index (χ2v) is 25.7. The van der Waals surface area contributed by atoms with E-state index in [1.54, 1.807) is 0 Å². The maximum Gasteiger partial charge on any atom is 0.326 e. The number of aliphatic imine (C=N–C) groups is 6. The van der Waals surface area contributed by atoms with Crippen LogP contribution in [0.15, 0.2) is 30.0 Å². The van der Waals surface area contributed by atoms with Crippen molar-refractivity contribution in [1.82, 2.24) is 53.2 Å². The van der Waals surface area contributed by atoms with Gasteiger partial charge in [0.1, 0.15) is 30.2 Å². The zero-order chi connectivity index (χ0) is 80.0. The molecule has 0 saturated carbocycles. The first-order valence-electron chi connectivity index (χ1n) is 37.2. The second kappa shape index (κ2) is 62.0. The van der Waals surface area contributed by atoms with E-state index in [0.29, 0.717) is 154 Å². The number of nitrogens with two attached hydrogens (primary N) is 13. The van der Waals surface area contributed by atoms with E-state index < -0.39 is 65.8 Å². The van der Waals surface area contributed by atoms with Gasteiger partial charge in [0.2, 0.25) is 59.1 Å². The number of guanidine groups is 6. The SMILES string of the molecule is NC(N)=NCCC[C@H](NC(=O)CCCCCNC(=O)[C@H](CCCN=C(N)N)NC(=O)CCCCCNC(=O)[C@H](CCCN=C(N)N)NC(=O)CCCCCNC(=O)[C@H](CCCN=C(N)N)NC(=O)CCCCCNC(=O)[C@H](CCCN=C(N)N)NC(=O)CCCCCNC(=O)[C@@H](N)CCCN=C(N)N)C(=O)O. The van der Waals surface area contributed by atoms with E-state index in [4.69, 9.17) is 74.5 Å². The highest BCUT2D eigenvalue weighted by molar-refractivity contribution is 5.90. The molecule has 10 amide bonds. The van der Waals surface area contributed by atoms with E-state index >= 15 is 0 Å². The maximum absolute atomic E-state index is 13.4. The summed E-state index contributed by atoms with van der Waals surface area (Å²) in [6, 6.07) is -5.29. The molecule has 0 aliphatic rings. The fourth-order valence-corrected chi connectivity index (χ4v) is 10.5. The molecule has 0 unspecified atom stereocenters. The number of aliphatic carboxylic acids is 1. The topological polar surface area (TPSA) is 741 Å². The fraction of sp³-hybridized carbons (Fsp3) is 0.742. The molecule has 41 heteroatoms. The van der Waals surface area contributed by atoms with Gasteiger partial charge in [0, 0.05) is 104 Å². The third-order valence-electron chi connectivity index (χ3n) is 16.2. The number of amides is 10. The lowest BCUT2D eigenvalue weighted by Crippen LogP contribution is -2.47. The number of carbonyl (C=O) groups is 11. The van der Waals surface area contributed by atoms with Crippen molar-refractivity contribution < 1.29 is 57.8 Å². The van der Waals surface area contributed by atoms with Gasteiger partial charge in [0.25, 0.3) is 0 Å². The van der Waals surface area contributed by atoms with Crippen molar-refractivity contribution >= 4 is 101 Å². The van der Waals surface area contributed by atoms with Crippen LogP contribution in [0, 0.1) is 0 Å². The third-order valence-corrected chi connectivity index (χ3v) is 16.2. The smallest absolute Gasteiger partial charge is 0.326 e. The summed E-state index contributed by atoms with van der Waals surface area (Å²) in [7, 11) is 0. The van der Waals surface area contributed by atoms with Crippen molar-refractivity contribution in [2.45, 2.75) is 242 Å². The lowest BCUT2D eigenvalue weighted by Gasteiger charge is -2.19. The quantitative estimate of drug-likeness (QED) is 0.0153. The maximum atomic E-state index is 13.4. The Morgan fingerprint density at radius 1 is 0.243 bits per heavy atom. The van der Waals surface area contributed by atoms with Crippen molar-refractivity contribution in [3.8, 4) is 0 Å². The summed E-state index contributed by atoms with van der Waals surface area (Å²) in [5.74, 6) is -5.43. The largest absolute Gasteiger partial charge is 0.480 e. The van der Waals surface area contributed by atoms with Crippen molar-refractivity contribution in [3.05, 3.63) is 0 Å². The standard InChI is InChI=1S/C66H129N29O12/c67-44(22-16-38-85-61(68)69)55(101)80-33-11-1-6-28-50(96)91-45(23-17-39-86-62(70)71)56(102)81-34-12-2-7-29-51(97)92-46(24-18-40-87-63(72)73)57(103)82-35-13-3-8-30-52(98)93-47(25-19-41-88-64(74)75)58(104)83-36-14-4-9-31-53(99)94-48(26-20-42-89-65(76)77)59(105)84-37-15-5-10-32-54(100)95-49(60(106)107)27-21-43-90-66(78)79/h44-49H,1-43,67H2,(H,80,101)(H,81,102)(H,82,103)(H,83,104)(H,84,105)(H,91,96)(H,92,97)(H,93,98)(H,94,99)(H,95,100)(H,106,107)(H4,68,69,85)(H4,70,71,86)(H4,72,73,87)(H4,74,75,88)(H4,76,77,89)(H4,78,79,90)/t44-,45-,46-,47-,48-,49-/m0/s1. The van der Waals surface area contributed by atoms with Crippen LogP contribution in [0.4, 0.5) is 0 Å². The van der Waals surface area contributed by atoms with Crippen LogP contribution in [-0.4, -0.2) is 214 Å². The summed E-state index contributed by atoms with van der Waals surface area (Å²) in [5, 5.41) is 37.4. The van der Waals surface area contributed by atoms with Gasteiger partial charge in [-0.3, -0.25) is 77.9 Å². The molecule has 0 spiro atoms. The van der Waals surface area contributed by atoms with Gasteiger partial charge in [0.05, 0.1) is 6.04 Å². The Hall–Kier alpha value is -10.2. The number of rotatable bonds is 65. The number of hydrogen-bond acceptors (Lipinski definition) is 18. The van der Waals surface area contributed by atoms with Crippen LogP contribution < -0.4 is 128 Å². The molecule has 0 bridgehead atoms. The van der Waals surface area contributed by atoms with Crippen molar-refractivity contribution in [2.24, 2.45) is 104 Å².